The van der Waals surface area contributed by atoms with Crippen LogP contribution < -0.4 is 20.2 Å². The Morgan fingerprint density at radius 2 is 1.71 bits per heavy atom. The monoisotopic (exact) mass is 383 g/mol. The molecule has 0 aliphatic heterocycles. The second-order valence-corrected chi connectivity index (χ2v) is 6.54. The summed E-state index contributed by atoms with van der Waals surface area (Å²) in [6, 6.07) is 11.9. The molecule has 0 aromatic heterocycles. The van der Waals surface area contributed by atoms with Gasteiger partial charge in [-0.15, -0.1) is 0 Å². The molecule has 0 aliphatic rings. The van der Waals surface area contributed by atoms with Crippen molar-refractivity contribution in [2.75, 3.05) is 19.5 Å². The Bertz CT molecular complexity index is 845. The van der Waals surface area contributed by atoms with Crippen molar-refractivity contribution < 1.29 is 19.1 Å². The lowest BCUT2D eigenvalue weighted by Gasteiger charge is -2.08. The fourth-order valence-electron chi connectivity index (χ4n) is 2.45. The molecule has 2 aromatic carbocycles. The lowest BCUT2D eigenvalue weighted by Crippen LogP contribution is -2.18. The maximum Gasteiger partial charge on any atom is 0.271 e. The van der Waals surface area contributed by atoms with Gasteiger partial charge in [-0.25, -0.2) is 5.43 Å². The number of rotatable bonds is 8. The number of anilines is 1. The third kappa shape index (κ3) is 6.12. The molecule has 0 unspecified atom stereocenters. The van der Waals surface area contributed by atoms with Gasteiger partial charge in [0.25, 0.3) is 5.91 Å². The van der Waals surface area contributed by atoms with Crippen molar-refractivity contribution >= 4 is 23.7 Å². The molecule has 0 radical (unpaired) electrons. The number of hydrazone groups is 1. The molecule has 28 heavy (non-hydrogen) atoms. The van der Waals surface area contributed by atoms with E-state index < -0.39 is 0 Å². The number of nitrogens with one attached hydrogen (secondary N) is 2. The van der Waals surface area contributed by atoms with Crippen molar-refractivity contribution in [3.8, 4) is 11.5 Å². The summed E-state index contributed by atoms with van der Waals surface area (Å²) in [5, 5.41) is 6.76. The molecule has 0 saturated heterocycles. The quantitative estimate of drug-likeness (QED) is 0.540. The minimum atomic E-state index is -0.350. The van der Waals surface area contributed by atoms with E-state index in [2.05, 4.69) is 15.8 Å². The highest BCUT2D eigenvalue weighted by Gasteiger charge is 2.08. The number of nitrogens with zero attached hydrogens (tertiary/aromatic N) is 1. The summed E-state index contributed by atoms with van der Waals surface area (Å²) in [5.41, 5.74) is 4.31. The Hall–Kier alpha value is -3.35. The maximum atomic E-state index is 12.2. The first-order valence-corrected chi connectivity index (χ1v) is 8.88. The predicted octanol–water partition coefficient (Wildman–Crippen LogP) is 3.45. The molecule has 2 N–H and O–H groups in total. The van der Waals surface area contributed by atoms with Gasteiger partial charge in [0.2, 0.25) is 5.91 Å². The highest BCUT2D eigenvalue weighted by atomic mass is 16.5. The molecule has 2 aromatic rings. The molecule has 0 aliphatic carbocycles. The molecule has 7 heteroatoms. The normalized spacial score (nSPS) is 10.8. The van der Waals surface area contributed by atoms with Gasteiger partial charge in [-0.1, -0.05) is 13.8 Å². The van der Waals surface area contributed by atoms with Crippen LogP contribution in [0.25, 0.3) is 0 Å². The Morgan fingerprint density at radius 3 is 2.32 bits per heavy atom. The molecule has 0 saturated carbocycles. The number of benzene rings is 2. The van der Waals surface area contributed by atoms with Crippen LogP contribution in [0.2, 0.25) is 0 Å². The average molecular weight is 383 g/mol. The van der Waals surface area contributed by atoms with E-state index >= 15 is 0 Å². The molecule has 148 valence electrons. The molecule has 2 rings (SSSR count). The zero-order valence-electron chi connectivity index (χ0n) is 16.5. The summed E-state index contributed by atoms with van der Waals surface area (Å²) < 4.78 is 10.4. The standard InChI is InChI=1S/C21H25N3O4/c1-14(2)11-20(25)23-17-8-6-16(7-9-17)21(26)24-22-13-15-5-10-18(27-3)19(12-15)28-4/h5-10,12-14H,11H2,1-4H3,(H,23,25)(H,24,26)/b22-13+. The lowest BCUT2D eigenvalue weighted by molar-refractivity contribution is -0.116. The van der Waals surface area contributed by atoms with Crippen molar-refractivity contribution in [1.29, 1.82) is 0 Å². The Labute approximate surface area is 164 Å². The van der Waals surface area contributed by atoms with Gasteiger partial charge in [-0.3, -0.25) is 9.59 Å². The van der Waals surface area contributed by atoms with Gasteiger partial charge in [0.05, 0.1) is 20.4 Å². The van der Waals surface area contributed by atoms with Gasteiger partial charge in [0, 0.05) is 17.7 Å². The van der Waals surface area contributed by atoms with Crippen LogP contribution in [0.4, 0.5) is 5.69 Å². The number of carbonyl (C=O) groups is 2. The fraction of sp³-hybridized carbons (Fsp3) is 0.286. The van der Waals surface area contributed by atoms with Crippen LogP contribution in [-0.2, 0) is 4.79 Å². The minimum Gasteiger partial charge on any atom is -0.493 e. The number of methoxy groups -OCH3 is 2. The zero-order valence-corrected chi connectivity index (χ0v) is 16.5. The first-order chi connectivity index (χ1) is 13.4. The third-order valence-electron chi connectivity index (χ3n) is 3.81. The van der Waals surface area contributed by atoms with Gasteiger partial charge in [-0.05, 0) is 53.9 Å². The SMILES string of the molecule is COc1ccc(/C=N/NC(=O)c2ccc(NC(=O)CC(C)C)cc2)cc1OC. The number of hydrogen-bond acceptors (Lipinski definition) is 5. The van der Waals surface area contributed by atoms with Crippen molar-refractivity contribution in [2.24, 2.45) is 11.0 Å². The number of hydrogen-bond donors (Lipinski definition) is 2. The predicted molar refractivity (Wildman–Crippen MR) is 109 cm³/mol. The molecule has 0 bridgehead atoms. The van der Waals surface area contributed by atoms with E-state index in [9.17, 15) is 9.59 Å². The second kappa shape index (κ2) is 10.1. The van der Waals surface area contributed by atoms with E-state index in [4.69, 9.17) is 9.47 Å². The van der Waals surface area contributed by atoms with Crippen LogP contribution in [0.1, 0.15) is 36.2 Å². The summed E-state index contributed by atoms with van der Waals surface area (Å²) in [6.45, 7) is 3.96. The van der Waals surface area contributed by atoms with Crippen LogP contribution in [0.5, 0.6) is 11.5 Å². The van der Waals surface area contributed by atoms with Crippen LogP contribution in [0.3, 0.4) is 0 Å². The summed E-state index contributed by atoms with van der Waals surface area (Å²) >= 11 is 0. The van der Waals surface area contributed by atoms with E-state index in [-0.39, 0.29) is 17.7 Å². The van der Waals surface area contributed by atoms with Crippen LogP contribution in [0.15, 0.2) is 47.6 Å². The summed E-state index contributed by atoms with van der Waals surface area (Å²) in [6.07, 6.45) is 1.97. The van der Waals surface area contributed by atoms with Crippen molar-refractivity contribution in [2.45, 2.75) is 20.3 Å². The Balaban J connectivity index is 1.94. The first-order valence-electron chi connectivity index (χ1n) is 8.88. The highest BCUT2D eigenvalue weighted by molar-refractivity contribution is 5.96. The Morgan fingerprint density at radius 1 is 1.04 bits per heavy atom. The molecule has 7 nitrogen and oxygen atoms in total. The topological polar surface area (TPSA) is 89.0 Å². The molecular weight excluding hydrogens is 358 g/mol. The maximum absolute atomic E-state index is 12.2. The lowest BCUT2D eigenvalue weighted by atomic mass is 10.1. The Kier molecular flexibility index (Phi) is 7.56. The molecule has 2 amide bonds. The molecular formula is C21H25N3O4. The van der Waals surface area contributed by atoms with Crippen molar-refractivity contribution in [3.05, 3.63) is 53.6 Å². The molecule has 0 spiro atoms. The average Bonchev–Trinajstić information content (AvgIpc) is 2.67. The fourth-order valence-corrected chi connectivity index (χ4v) is 2.45. The van der Waals surface area contributed by atoms with E-state index in [1.807, 2.05) is 13.8 Å². The number of ether oxygens (including phenoxy) is 2. The van der Waals surface area contributed by atoms with E-state index in [1.165, 1.54) is 6.21 Å². The van der Waals surface area contributed by atoms with Crippen LogP contribution in [0, 0.1) is 5.92 Å². The summed E-state index contributed by atoms with van der Waals surface area (Å²) in [7, 11) is 3.11. The van der Waals surface area contributed by atoms with E-state index in [1.54, 1.807) is 56.7 Å². The van der Waals surface area contributed by atoms with Crippen LogP contribution >= 0.6 is 0 Å². The molecule has 0 heterocycles. The third-order valence-corrected chi connectivity index (χ3v) is 3.81. The van der Waals surface area contributed by atoms with Gasteiger partial charge in [0.15, 0.2) is 11.5 Å². The van der Waals surface area contributed by atoms with Crippen molar-refractivity contribution in [1.82, 2.24) is 5.43 Å². The highest BCUT2D eigenvalue weighted by Crippen LogP contribution is 2.26. The van der Waals surface area contributed by atoms with Gasteiger partial charge < -0.3 is 14.8 Å². The minimum absolute atomic E-state index is 0.0493. The summed E-state index contributed by atoms with van der Waals surface area (Å²) in [5.74, 6) is 1.08. The van der Waals surface area contributed by atoms with E-state index in [0.29, 0.717) is 29.2 Å². The summed E-state index contributed by atoms with van der Waals surface area (Å²) in [4.78, 5) is 24.0. The zero-order chi connectivity index (χ0) is 20.5. The van der Waals surface area contributed by atoms with Gasteiger partial charge in [-0.2, -0.15) is 5.10 Å². The largest absolute Gasteiger partial charge is 0.493 e. The van der Waals surface area contributed by atoms with Crippen LogP contribution in [-0.4, -0.2) is 32.2 Å². The van der Waals surface area contributed by atoms with Crippen molar-refractivity contribution in [3.63, 3.8) is 0 Å². The van der Waals surface area contributed by atoms with Gasteiger partial charge in [0.1, 0.15) is 0 Å². The molecule has 0 atom stereocenters. The smallest absolute Gasteiger partial charge is 0.271 e. The molecule has 0 fully saturated rings. The first kappa shape index (κ1) is 21.0. The number of amides is 2. The van der Waals surface area contributed by atoms with Gasteiger partial charge >= 0.3 is 0 Å². The second-order valence-electron chi connectivity index (χ2n) is 6.54. The number of carbonyl (C=O) groups excluding carboxylic acids is 2. The van der Waals surface area contributed by atoms with E-state index in [0.717, 1.165) is 5.56 Å².